The third kappa shape index (κ3) is 2.79. The van der Waals surface area contributed by atoms with Gasteiger partial charge in [-0.15, -0.1) is 0 Å². The Hall–Kier alpha value is -2.80. The maximum Gasteiger partial charge on any atom is 0.243 e. The van der Waals surface area contributed by atoms with Crippen LogP contribution in [0.3, 0.4) is 0 Å². The Bertz CT molecular complexity index is 731. The molecule has 0 fully saturated rings. The molecule has 0 unspecified atom stereocenters. The first-order valence-corrected chi connectivity index (χ1v) is 7.32. The average molecular weight is 291 g/mol. The van der Waals surface area contributed by atoms with Gasteiger partial charge in [-0.05, 0) is 49.2 Å². The van der Waals surface area contributed by atoms with Crippen molar-refractivity contribution in [2.75, 3.05) is 16.8 Å². The van der Waals surface area contributed by atoms with E-state index in [2.05, 4.69) is 35.3 Å². The van der Waals surface area contributed by atoms with Crippen molar-refractivity contribution in [2.45, 2.75) is 19.4 Å². The molecule has 0 aromatic heterocycles. The molecule has 1 amide bonds. The molecule has 1 aliphatic rings. The standard InChI is InChI=1S/C18H17N3O/c1-13-10-15-4-2-3-5-17(15)21(13)12-18(22)20-16-8-6-14(11-19)7-9-16/h2-9,13H,10,12H2,1H3,(H,20,22)/t13-/m0/s1. The first kappa shape index (κ1) is 14.2. The molecule has 4 nitrogen and oxygen atoms in total. The molecule has 2 aromatic rings. The molecule has 22 heavy (non-hydrogen) atoms. The van der Waals surface area contributed by atoms with Crippen LogP contribution in [-0.4, -0.2) is 18.5 Å². The van der Waals surface area contributed by atoms with E-state index in [9.17, 15) is 4.79 Å². The van der Waals surface area contributed by atoms with Crippen molar-refractivity contribution in [1.29, 1.82) is 5.26 Å². The van der Waals surface area contributed by atoms with Gasteiger partial charge in [-0.3, -0.25) is 4.79 Å². The number of amides is 1. The molecule has 0 bridgehead atoms. The lowest BCUT2D eigenvalue weighted by molar-refractivity contribution is -0.115. The predicted molar refractivity (Wildman–Crippen MR) is 86.7 cm³/mol. The minimum absolute atomic E-state index is 0.0479. The molecule has 4 heteroatoms. The Kier molecular flexibility index (Phi) is 3.80. The Morgan fingerprint density at radius 2 is 2.00 bits per heavy atom. The maximum absolute atomic E-state index is 12.3. The van der Waals surface area contributed by atoms with Crippen molar-refractivity contribution in [1.82, 2.24) is 0 Å². The summed E-state index contributed by atoms with van der Waals surface area (Å²) < 4.78 is 0. The molecule has 0 spiro atoms. The number of para-hydroxylation sites is 1. The van der Waals surface area contributed by atoms with Crippen LogP contribution in [0.1, 0.15) is 18.1 Å². The Balaban J connectivity index is 1.68. The van der Waals surface area contributed by atoms with E-state index in [4.69, 9.17) is 5.26 Å². The summed E-state index contributed by atoms with van der Waals surface area (Å²) in [5, 5.41) is 11.7. The van der Waals surface area contributed by atoms with Gasteiger partial charge in [0.05, 0.1) is 18.2 Å². The van der Waals surface area contributed by atoms with E-state index in [1.54, 1.807) is 24.3 Å². The number of hydrogen-bond acceptors (Lipinski definition) is 3. The number of carbonyl (C=O) groups is 1. The van der Waals surface area contributed by atoms with Crippen LogP contribution in [0.5, 0.6) is 0 Å². The van der Waals surface area contributed by atoms with E-state index in [1.807, 2.05) is 12.1 Å². The molecule has 1 atom stereocenters. The number of fused-ring (bicyclic) bond motifs is 1. The number of rotatable bonds is 3. The SMILES string of the molecule is C[C@H]1Cc2ccccc2N1CC(=O)Nc1ccc(C#N)cc1. The van der Waals surface area contributed by atoms with E-state index in [1.165, 1.54) is 5.56 Å². The first-order chi connectivity index (χ1) is 10.7. The van der Waals surface area contributed by atoms with Gasteiger partial charge in [0.2, 0.25) is 5.91 Å². The van der Waals surface area contributed by atoms with Gasteiger partial charge in [-0.2, -0.15) is 5.26 Å². The van der Waals surface area contributed by atoms with Crippen LogP contribution in [0, 0.1) is 11.3 Å². The summed E-state index contributed by atoms with van der Waals surface area (Å²) in [5.74, 6) is -0.0479. The number of benzene rings is 2. The number of nitriles is 1. The van der Waals surface area contributed by atoms with E-state index < -0.39 is 0 Å². The number of anilines is 2. The Morgan fingerprint density at radius 1 is 1.27 bits per heavy atom. The molecule has 1 heterocycles. The highest BCUT2D eigenvalue weighted by Crippen LogP contribution is 2.31. The van der Waals surface area contributed by atoms with Crippen molar-refractivity contribution in [3.05, 3.63) is 59.7 Å². The van der Waals surface area contributed by atoms with Gasteiger partial charge >= 0.3 is 0 Å². The minimum atomic E-state index is -0.0479. The molecule has 1 N–H and O–H groups in total. The van der Waals surface area contributed by atoms with Crippen LogP contribution in [0.15, 0.2) is 48.5 Å². The normalized spacial score (nSPS) is 16.0. The number of carbonyl (C=O) groups excluding carboxylic acids is 1. The predicted octanol–water partition coefficient (Wildman–Crippen LogP) is 2.95. The fourth-order valence-electron chi connectivity index (χ4n) is 2.85. The second kappa shape index (κ2) is 5.90. The molecule has 2 aromatic carbocycles. The van der Waals surface area contributed by atoms with Gasteiger partial charge in [0, 0.05) is 17.4 Å². The zero-order valence-corrected chi connectivity index (χ0v) is 12.4. The van der Waals surface area contributed by atoms with Gasteiger partial charge in [0.25, 0.3) is 0 Å². The zero-order valence-electron chi connectivity index (χ0n) is 12.4. The molecule has 1 aliphatic heterocycles. The summed E-state index contributed by atoms with van der Waals surface area (Å²) in [4.78, 5) is 14.4. The van der Waals surface area contributed by atoms with Crippen molar-refractivity contribution in [3.8, 4) is 6.07 Å². The number of hydrogen-bond donors (Lipinski definition) is 1. The lowest BCUT2D eigenvalue weighted by atomic mass is 10.1. The third-order valence-electron chi connectivity index (χ3n) is 3.96. The maximum atomic E-state index is 12.3. The molecular formula is C18H17N3O. The van der Waals surface area contributed by atoms with E-state index in [0.29, 0.717) is 23.8 Å². The van der Waals surface area contributed by atoms with Crippen molar-refractivity contribution >= 4 is 17.3 Å². The molecule has 0 radical (unpaired) electrons. The van der Waals surface area contributed by atoms with Crippen molar-refractivity contribution in [3.63, 3.8) is 0 Å². The van der Waals surface area contributed by atoms with Crippen LogP contribution in [0.2, 0.25) is 0 Å². The molecule has 0 saturated carbocycles. The highest BCUT2D eigenvalue weighted by Gasteiger charge is 2.26. The molecule has 0 saturated heterocycles. The smallest absolute Gasteiger partial charge is 0.243 e. The third-order valence-corrected chi connectivity index (χ3v) is 3.96. The first-order valence-electron chi connectivity index (χ1n) is 7.32. The fourth-order valence-corrected chi connectivity index (χ4v) is 2.85. The van der Waals surface area contributed by atoms with Crippen molar-refractivity contribution in [2.24, 2.45) is 0 Å². The average Bonchev–Trinajstić information content (AvgIpc) is 2.84. The lowest BCUT2D eigenvalue weighted by Gasteiger charge is -2.24. The summed E-state index contributed by atoms with van der Waals surface area (Å²) in [5.41, 5.74) is 3.73. The summed E-state index contributed by atoms with van der Waals surface area (Å²) in [6.45, 7) is 2.47. The highest BCUT2D eigenvalue weighted by atomic mass is 16.2. The van der Waals surface area contributed by atoms with Crippen LogP contribution in [0.25, 0.3) is 0 Å². The highest BCUT2D eigenvalue weighted by molar-refractivity contribution is 5.94. The van der Waals surface area contributed by atoms with Crippen LogP contribution >= 0.6 is 0 Å². The van der Waals surface area contributed by atoms with E-state index >= 15 is 0 Å². The van der Waals surface area contributed by atoms with Gasteiger partial charge in [0.1, 0.15) is 0 Å². The number of nitrogens with zero attached hydrogens (tertiary/aromatic N) is 2. The quantitative estimate of drug-likeness (QED) is 0.946. The fraction of sp³-hybridized carbons (Fsp3) is 0.222. The minimum Gasteiger partial charge on any atom is -0.359 e. The van der Waals surface area contributed by atoms with Gasteiger partial charge in [-0.1, -0.05) is 18.2 Å². The topological polar surface area (TPSA) is 56.1 Å². The largest absolute Gasteiger partial charge is 0.359 e. The Morgan fingerprint density at radius 3 is 2.73 bits per heavy atom. The summed E-state index contributed by atoms with van der Waals surface area (Å²) in [7, 11) is 0. The molecule has 3 rings (SSSR count). The zero-order chi connectivity index (χ0) is 15.5. The summed E-state index contributed by atoms with van der Waals surface area (Å²) in [6.07, 6.45) is 0.973. The van der Waals surface area contributed by atoms with Gasteiger partial charge < -0.3 is 10.2 Å². The molecule has 0 aliphatic carbocycles. The van der Waals surface area contributed by atoms with Gasteiger partial charge in [0.15, 0.2) is 0 Å². The second-order valence-corrected chi connectivity index (χ2v) is 5.55. The summed E-state index contributed by atoms with van der Waals surface area (Å²) >= 11 is 0. The monoisotopic (exact) mass is 291 g/mol. The van der Waals surface area contributed by atoms with E-state index in [-0.39, 0.29) is 5.91 Å². The number of nitrogens with one attached hydrogen (secondary N) is 1. The van der Waals surface area contributed by atoms with Crippen LogP contribution in [-0.2, 0) is 11.2 Å². The van der Waals surface area contributed by atoms with Crippen LogP contribution in [0.4, 0.5) is 11.4 Å². The Labute approximate surface area is 130 Å². The summed E-state index contributed by atoms with van der Waals surface area (Å²) in [6, 6.07) is 17.5. The van der Waals surface area contributed by atoms with E-state index in [0.717, 1.165) is 12.1 Å². The second-order valence-electron chi connectivity index (χ2n) is 5.55. The lowest BCUT2D eigenvalue weighted by Crippen LogP contribution is -2.37. The van der Waals surface area contributed by atoms with Crippen molar-refractivity contribution < 1.29 is 4.79 Å². The van der Waals surface area contributed by atoms with Crippen LogP contribution < -0.4 is 10.2 Å². The molecular weight excluding hydrogens is 274 g/mol. The molecule has 110 valence electrons. The van der Waals surface area contributed by atoms with Gasteiger partial charge in [-0.25, -0.2) is 0 Å².